The number of aliphatic hydroxyl groups is 1. The summed E-state index contributed by atoms with van der Waals surface area (Å²) in [4.78, 5) is 38.3. The first-order valence-electron chi connectivity index (χ1n) is 12.3. The summed E-state index contributed by atoms with van der Waals surface area (Å²) in [5, 5.41) is 20.8. The van der Waals surface area contributed by atoms with Crippen molar-refractivity contribution in [3.63, 3.8) is 0 Å². The Morgan fingerprint density at radius 2 is 1.73 bits per heavy atom. The van der Waals surface area contributed by atoms with Crippen molar-refractivity contribution in [2.24, 2.45) is 5.92 Å². The number of rotatable bonds is 13. The molecule has 0 radical (unpaired) electrons. The first kappa shape index (κ1) is 25.2. The Labute approximate surface area is 195 Å². The topological polar surface area (TPSA) is 110 Å². The Morgan fingerprint density at radius 3 is 2.42 bits per heavy atom. The molecule has 2 fully saturated rings. The SMILES string of the molecule is O=C(O)CCCCCC[C@H]1C(=O)N(Cc2ccccc2)C(=O)N1NC[C@@H](O)C1CCCCC1. The van der Waals surface area contributed by atoms with Crippen LogP contribution in [-0.2, 0) is 16.1 Å². The maximum absolute atomic E-state index is 13.2. The van der Waals surface area contributed by atoms with Gasteiger partial charge in [-0.05, 0) is 37.2 Å². The number of hydrogen-bond acceptors (Lipinski definition) is 5. The van der Waals surface area contributed by atoms with Crippen LogP contribution in [0.1, 0.15) is 76.2 Å². The van der Waals surface area contributed by atoms with E-state index in [1.807, 2.05) is 30.3 Å². The molecule has 1 saturated heterocycles. The molecule has 33 heavy (non-hydrogen) atoms. The van der Waals surface area contributed by atoms with E-state index in [1.54, 1.807) is 0 Å². The van der Waals surface area contributed by atoms with Gasteiger partial charge >= 0.3 is 12.0 Å². The van der Waals surface area contributed by atoms with E-state index in [1.165, 1.54) is 16.3 Å². The lowest BCUT2D eigenvalue weighted by Gasteiger charge is -2.29. The monoisotopic (exact) mass is 459 g/mol. The zero-order valence-corrected chi connectivity index (χ0v) is 19.3. The third-order valence-corrected chi connectivity index (χ3v) is 6.77. The highest BCUT2D eigenvalue weighted by atomic mass is 16.4. The van der Waals surface area contributed by atoms with Crippen LogP contribution in [-0.4, -0.2) is 56.7 Å². The van der Waals surface area contributed by atoms with E-state index >= 15 is 0 Å². The van der Waals surface area contributed by atoms with E-state index in [0.29, 0.717) is 12.8 Å². The summed E-state index contributed by atoms with van der Waals surface area (Å²) in [6.45, 7) is 0.467. The summed E-state index contributed by atoms with van der Waals surface area (Å²) in [5.74, 6) is -0.795. The van der Waals surface area contributed by atoms with Gasteiger partial charge in [-0.15, -0.1) is 0 Å². The number of aliphatic carboxylic acids is 1. The molecule has 8 nitrogen and oxygen atoms in total. The van der Waals surface area contributed by atoms with Gasteiger partial charge in [-0.25, -0.2) is 15.2 Å². The molecule has 1 heterocycles. The van der Waals surface area contributed by atoms with Crippen molar-refractivity contribution < 1.29 is 24.6 Å². The first-order chi connectivity index (χ1) is 16.0. The molecular formula is C25H37N3O5. The number of hydrazine groups is 1. The number of nitrogens with zero attached hydrogens (tertiary/aromatic N) is 2. The van der Waals surface area contributed by atoms with E-state index in [0.717, 1.165) is 50.5 Å². The van der Waals surface area contributed by atoms with Crippen LogP contribution in [0, 0.1) is 5.92 Å². The Kier molecular flexibility index (Phi) is 9.69. The highest BCUT2D eigenvalue weighted by Crippen LogP contribution is 2.27. The molecule has 1 aromatic carbocycles. The summed E-state index contributed by atoms with van der Waals surface area (Å²) in [6.07, 6.45) is 8.49. The predicted molar refractivity (Wildman–Crippen MR) is 124 cm³/mol. The van der Waals surface area contributed by atoms with Crippen LogP contribution in [0.25, 0.3) is 0 Å². The predicted octanol–water partition coefficient (Wildman–Crippen LogP) is 3.69. The van der Waals surface area contributed by atoms with Crippen molar-refractivity contribution >= 4 is 17.9 Å². The number of nitrogens with one attached hydrogen (secondary N) is 1. The Morgan fingerprint density at radius 1 is 1.03 bits per heavy atom. The highest BCUT2D eigenvalue weighted by molar-refractivity contribution is 6.03. The number of aliphatic hydroxyl groups excluding tert-OH is 1. The highest BCUT2D eigenvalue weighted by Gasteiger charge is 2.45. The standard InChI is InChI=1S/C25H37N3O5/c29-22(20-13-7-4-8-14-20)17-26-28-21(15-9-1-2-10-16-23(30)31)24(32)27(25(28)33)18-19-11-5-3-6-12-19/h3,5-6,11-12,20-22,26,29H,1-2,4,7-10,13-18H2,(H,30,31)/t21-,22+/m0/s1. The number of hydrogen-bond donors (Lipinski definition) is 3. The molecule has 1 saturated carbocycles. The molecule has 8 heteroatoms. The second-order valence-electron chi connectivity index (χ2n) is 9.25. The maximum Gasteiger partial charge on any atom is 0.342 e. The molecule has 1 aliphatic carbocycles. The molecule has 3 N–H and O–H groups in total. The van der Waals surface area contributed by atoms with Crippen molar-refractivity contribution in [2.45, 2.75) is 89.3 Å². The Hall–Kier alpha value is -2.45. The number of benzene rings is 1. The number of carbonyl (C=O) groups excluding carboxylic acids is 2. The largest absolute Gasteiger partial charge is 0.481 e. The fourth-order valence-corrected chi connectivity index (χ4v) is 4.83. The van der Waals surface area contributed by atoms with Crippen LogP contribution in [0.5, 0.6) is 0 Å². The lowest BCUT2D eigenvalue weighted by Crippen LogP contribution is -2.49. The zero-order valence-electron chi connectivity index (χ0n) is 19.3. The van der Waals surface area contributed by atoms with Gasteiger partial charge < -0.3 is 10.2 Å². The first-order valence-corrected chi connectivity index (χ1v) is 12.3. The molecule has 1 aromatic rings. The maximum atomic E-state index is 13.2. The molecular weight excluding hydrogens is 422 g/mol. The number of unbranched alkanes of at least 4 members (excludes halogenated alkanes) is 3. The third kappa shape index (κ3) is 7.27. The van der Waals surface area contributed by atoms with Crippen LogP contribution in [0.2, 0.25) is 0 Å². The van der Waals surface area contributed by atoms with Crippen LogP contribution >= 0.6 is 0 Å². The average Bonchev–Trinajstić information content (AvgIpc) is 3.04. The smallest absolute Gasteiger partial charge is 0.342 e. The minimum Gasteiger partial charge on any atom is -0.481 e. The van der Waals surface area contributed by atoms with Gasteiger partial charge in [0.2, 0.25) is 0 Å². The molecule has 1 aliphatic heterocycles. The van der Waals surface area contributed by atoms with Crippen LogP contribution in [0.15, 0.2) is 30.3 Å². The number of imide groups is 1. The molecule has 3 rings (SSSR count). The van der Waals surface area contributed by atoms with E-state index in [9.17, 15) is 19.5 Å². The second-order valence-corrected chi connectivity index (χ2v) is 9.25. The van der Waals surface area contributed by atoms with E-state index in [4.69, 9.17) is 5.11 Å². The van der Waals surface area contributed by atoms with E-state index < -0.39 is 18.1 Å². The fraction of sp³-hybridized carbons (Fsp3) is 0.640. The van der Waals surface area contributed by atoms with Gasteiger partial charge in [0.05, 0.1) is 12.6 Å². The fourth-order valence-electron chi connectivity index (χ4n) is 4.83. The Balaban J connectivity index is 1.60. The van der Waals surface area contributed by atoms with Crippen LogP contribution in [0.4, 0.5) is 4.79 Å². The van der Waals surface area contributed by atoms with Crippen LogP contribution in [0.3, 0.4) is 0 Å². The molecule has 0 aromatic heterocycles. The van der Waals surface area contributed by atoms with Crippen molar-refractivity contribution in [3.05, 3.63) is 35.9 Å². The van der Waals surface area contributed by atoms with Gasteiger partial charge in [-0.2, -0.15) is 0 Å². The van der Waals surface area contributed by atoms with Crippen molar-refractivity contribution in [1.82, 2.24) is 15.3 Å². The van der Waals surface area contributed by atoms with E-state index in [2.05, 4.69) is 5.43 Å². The normalized spacial score (nSPS) is 20.5. The van der Waals surface area contributed by atoms with Gasteiger partial charge in [0.25, 0.3) is 5.91 Å². The minimum atomic E-state index is -0.796. The van der Waals surface area contributed by atoms with Gasteiger partial charge in [-0.3, -0.25) is 14.5 Å². The molecule has 0 unspecified atom stereocenters. The molecule has 2 aliphatic rings. The molecule has 3 amide bonds. The third-order valence-electron chi connectivity index (χ3n) is 6.77. The number of carboxylic acid groups (broad SMARTS) is 1. The summed E-state index contributed by atoms with van der Waals surface area (Å²) in [7, 11) is 0. The second kappa shape index (κ2) is 12.7. The average molecular weight is 460 g/mol. The molecule has 0 spiro atoms. The van der Waals surface area contributed by atoms with Gasteiger partial charge in [-0.1, -0.05) is 68.9 Å². The summed E-state index contributed by atoms with van der Waals surface area (Å²) < 4.78 is 0. The lowest BCUT2D eigenvalue weighted by molar-refractivity contribution is -0.137. The van der Waals surface area contributed by atoms with Crippen molar-refractivity contribution in [2.75, 3.05) is 6.54 Å². The number of carbonyl (C=O) groups is 3. The van der Waals surface area contributed by atoms with E-state index in [-0.39, 0.29) is 37.4 Å². The molecule has 182 valence electrons. The summed E-state index contributed by atoms with van der Waals surface area (Å²) in [6, 6.07) is 8.44. The number of urea groups is 1. The minimum absolute atomic E-state index is 0.151. The lowest BCUT2D eigenvalue weighted by atomic mass is 9.85. The van der Waals surface area contributed by atoms with Gasteiger partial charge in [0.1, 0.15) is 6.04 Å². The van der Waals surface area contributed by atoms with Crippen molar-refractivity contribution in [3.8, 4) is 0 Å². The zero-order chi connectivity index (χ0) is 23.6. The van der Waals surface area contributed by atoms with Gasteiger partial charge in [0.15, 0.2) is 0 Å². The summed E-state index contributed by atoms with van der Waals surface area (Å²) in [5.41, 5.74) is 3.97. The van der Waals surface area contributed by atoms with Crippen molar-refractivity contribution in [1.29, 1.82) is 0 Å². The Bertz CT molecular complexity index is 782. The quantitative estimate of drug-likeness (QED) is 0.307. The molecule has 2 atom stereocenters. The molecule has 0 bridgehead atoms. The number of carboxylic acids is 1. The van der Waals surface area contributed by atoms with Crippen LogP contribution < -0.4 is 5.43 Å². The van der Waals surface area contributed by atoms with Gasteiger partial charge in [0, 0.05) is 13.0 Å². The number of amides is 3. The summed E-state index contributed by atoms with van der Waals surface area (Å²) >= 11 is 0.